The molecule has 3 nitrogen and oxygen atoms in total. The lowest BCUT2D eigenvalue weighted by Gasteiger charge is -2.40. The van der Waals surface area contributed by atoms with Gasteiger partial charge >= 0.3 is 0 Å². The molecule has 1 aliphatic heterocycles. The molecule has 1 spiro atoms. The van der Waals surface area contributed by atoms with Gasteiger partial charge in [0, 0.05) is 45.1 Å². The van der Waals surface area contributed by atoms with Crippen LogP contribution in [0.25, 0.3) is 21.9 Å². The zero-order valence-electron chi connectivity index (χ0n) is 30.6. The molecule has 1 atom stereocenters. The maximum Gasteiger partial charge on any atom is 0.132 e. The predicted molar refractivity (Wildman–Crippen MR) is 231 cm³/mol. The van der Waals surface area contributed by atoms with Crippen molar-refractivity contribution in [2.24, 2.45) is 0 Å². The Morgan fingerprint density at radius 2 is 0.911 bits per heavy atom. The third kappa shape index (κ3) is 4.77. The highest BCUT2D eigenvalue weighted by molar-refractivity contribution is 6.02. The normalized spacial score (nSPS) is 14.6. The predicted octanol–water partition coefficient (Wildman–Crippen LogP) is 14.2. The van der Waals surface area contributed by atoms with Gasteiger partial charge in [-0.25, -0.2) is 0 Å². The van der Waals surface area contributed by atoms with Gasteiger partial charge in [0.15, 0.2) is 0 Å². The summed E-state index contributed by atoms with van der Waals surface area (Å²) < 4.78 is 6.91. The van der Waals surface area contributed by atoms with Crippen molar-refractivity contribution in [3.63, 3.8) is 0 Å². The molecule has 1 heterocycles. The second kappa shape index (κ2) is 12.9. The summed E-state index contributed by atoms with van der Waals surface area (Å²) in [6.45, 7) is 0. The fraction of sp³-hybridized carbons (Fsp3) is 0.0189. The van der Waals surface area contributed by atoms with Gasteiger partial charge in [-0.15, -0.1) is 0 Å². The lowest BCUT2D eigenvalue weighted by Crippen LogP contribution is -2.32. The number of ether oxygens (including phenoxy) is 1. The van der Waals surface area contributed by atoms with Gasteiger partial charge < -0.3 is 14.5 Å². The molecule has 11 rings (SSSR count). The van der Waals surface area contributed by atoms with Crippen LogP contribution in [-0.2, 0) is 5.41 Å². The largest absolute Gasteiger partial charge is 0.457 e. The van der Waals surface area contributed by atoms with Crippen LogP contribution >= 0.6 is 0 Å². The second-order valence-corrected chi connectivity index (χ2v) is 14.5. The average molecular weight is 717 g/mol. The van der Waals surface area contributed by atoms with E-state index in [2.05, 4.69) is 228 Å². The second-order valence-electron chi connectivity index (χ2n) is 14.5. The standard InChI is InChI=1S/C53H36N2O/c1-5-19-38(20-6-1)54(39-21-7-2-8-22-39)42-33-34-44-47(36-42)53(45-28-15-16-31-49(45)56-50-35-32-37-18-13-14-27-43(37)52(50)53)46-29-17-30-48(51(44)46)55(40-23-9-3-10-24-40)41-25-11-4-12-26-41/h1-36H. The smallest absolute Gasteiger partial charge is 0.132 e. The maximum atomic E-state index is 6.91. The number of benzene rings is 9. The van der Waals surface area contributed by atoms with Crippen molar-refractivity contribution in [2.45, 2.75) is 5.41 Å². The highest BCUT2D eigenvalue weighted by Crippen LogP contribution is 2.65. The van der Waals surface area contributed by atoms with Crippen LogP contribution in [0.15, 0.2) is 218 Å². The van der Waals surface area contributed by atoms with E-state index in [0.717, 1.165) is 51.2 Å². The van der Waals surface area contributed by atoms with Crippen molar-refractivity contribution in [1.29, 1.82) is 0 Å². The van der Waals surface area contributed by atoms with E-state index >= 15 is 0 Å². The Hall–Kier alpha value is -7.36. The molecule has 3 heteroatoms. The lowest BCUT2D eigenvalue weighted by atomic mass is 9.65. The quantitative estimate of drug-likeness (QED) is 0.170. The van der Waals surface area contributed by atoms with Crippen LogP contribution in [0.5, 0.6) is 11.5 Å². The summed E-state index contributed by atoms with van der Waals surface area (Å²) in [6, 6.07) is 78.5. The number of hydrogen-bond acceptors (Lipinski definition) is 3. The van der Waals surface area contributed by atoms with Gasteiger partial charge in [-0.1, -0.05) is 140 Å². The van der Waals surface area contributed by atoms with E-state index in [0.29, 0.717) is 0 Å². The summed E-state index contributed by atoms with van der Waals surface area (Å²) in [7, 11) is 0. The number of hydrogen-bond donors (Lipinski definition) is 0. The molecule has 1 aliphatic carbocycles. The zero-order valence-corrected chi connectivity index (χ0v) is 30.6. The average Bonchev–Trinajstić information content (AvgIpc) is 3.55. The van der Waals surface area contributed by atoms with Crippen LogP contribution in [-0.4, -0.2) is 0 Å². The summed E-state index contributed by atoms with van der Waals surface area (Å²) in [5, 5.41) is 2.36. The van der Waals surface area contributed by atoms with Crippen molar-refractivity contribution in [2.75, 3.05) is 9.80 Å². The molecule has 264 valence electrons. The van der Waals surface area contributed by atoms with Crippen molar-refractivity contribution in [3.05, 3.63) is 241 Å². The topological polar surface area (TPSA) is 15.7 Å². The number of anilines is 6. The van der Waals surface area contributed by atoms with E-state index in [4.69, 9.17) is 4.74 Å². The molecule has 0 fully saturated rings. The molecule has 9 aromatic carbocycles. The molecule has 0 saturated heterocycles. The van der Waals surface area contributed by atoms with Gasteiger partial charge in [-0.05, 0) is 106 Å². The Labute approximate surface area is 326 Å². The van der Waals surface area contributed by atoms with Crippen LogP contribution in [0, 0.1) is 0 Å². The SMILES string of the molecule is c1ccc(N(c2ccccc2)c2ccc3c(c2)C2(c4ccccc4Oc4ccc5ccccc5c42)c2cccc(N(c4ccccc4)c4ccccc4)c2-3)cc1. The van der Waals surface area contributed by atoms with Gasteiger partial charge in [0.2, 0.25) is 0 Å². The molecule has 0 saturated carbocycles. The highest BCUT2D eigenvalue weighted by atomic mass is 16.5. The van der Waals surface area contributed by atoms with Crippen molar-refractivity contribution in [3.8, 4) is 22.6 Å². The number of rotatable bonds is 6. The summed E-state index contributed by atoms with van der Waals surface area (Å²) in [4.78, 5) is 4.78. The van der Waals surface area contributed by atoms with Gasteiger partial charge in [0.05, 0.1) is 11.1 Å². The molecule has 0 aromatic heterocycles. The Kier molecular flexibility index (Phi) is 7.39. The number of para-hydroxylation sites is 5. The first-order valence-corrected chi connectivity index (χ1v) is 19.2. The molecular weight excluding hydrogens is 681 g/mol. The molecule has 56 heavy (non-hydrogen) atoms. The summed E-state index contributed by atoms with van der Waals surface area (Å²) >= 11 is 0. The highest BCUT2D eigenvalue weighted by Gasteiger charge is 2.53. The van der Waals surface area contributed by atoms with E-state index in [9.17, 15) is 0 Å². The molecule has 1 unspecified atom stereocenters. The van der Waals surface area contributed by atoms with Crippen molar-refractivity contribution < 1.29 is 4.74 Å². The van der Waals surface area contributed by atoms with Gasteiger partial charge in [0.1, 0.15) is 11.5 Å². The molecule has 0 radical (unpaired) electrons. The van der Waals surface area contributed by atoms with Crippen molar-refractivity contribution in [1.82, 2.24) is 0 Å². The molecular formula is C53H36N2O. The van der Waals surface area contributed by atoms with Crippen LogP contribution in [0.2, 0.25) is 0 Å². The molecule has 0 N–H and O–H groups in total. The Morgan fingerprint density at radius 3 is 1.57 bits per heavy atom. The van der Waals surface area contributed by atoms with Crippen LogP contribution in [0.3, 0.4) is 0 Å². The summed E-state index contributed by atoms with van der Waals surface area (Å²) in [5.41, 5.74) is 13.1. The fourth-order valence-corrected chi connectivity index (χ4v) is 9.25. The van der Waals surface area contributed by atoms with Crippen molar-refractivity contribution >= 4 is 44.9 Å². The first-order valence-electron chi connectivity index (χ1n) is 19.2. The minimum absolute atomic E-state index is 0.709. The van der Waals surface area contributed by atoms with Gasteiger partial charge in [-0.2, -0.15) is 0 Å². The van der Waals surface area contributed by atoms with Gasteiger partial charge in [0.25, 0.3) is 0 Å². The van der Waals surface area contributed by atoms with Crippen LogP contribution in [0.4, 0.5) is 34.1 Å². The van der Waals surface area contributed by atoms with E-state index in [-0.39, 0.29) is 0 Å². The molecule has 0 amide bonds. The Bertz CT molecular complexity index is 2810. The van der Waals surface area contributed by atoms with E-state index in [1.807, 2.05) is 0 Å². The molecule has 2 aliphatic rings. The zero-order chi connectivity index (χ0) is 37.1. The van der Waals surface area contributed by atoms with E-state index < -0.39 is 5.41 Å². The Morgan fingerprint density at radius 1 is 0.357 bits per heavy atom. The Balaban J connectivity index is 1.29. The fourth-order valence-electron chi connectivity index (χ4n) is 9.25. The third-order valence-corrected chi connectivity index (χ3v) is 11.5. The lowest BCUT2D eigenvalue weighted by molar-refractivity contribution is 0.438. The number of fused-ring (bicyclic) bond motifs is 11. The van der Waals surface area contributed by atoms with E-state index in [1.54, 1.807) is 0 Å². The monoisotopic (exact) mass is 716 g/mol. The summed E-state index contributed by atoms with van der Waals surface area (Å²) in [5.74, 6) is 1.75. The van der Waals surface area contributed by atoms with Crippen LogP contribution in [0.1, 0.15) is 22.3 Å². The maximum absolute atomic E-state index is 6.91. The minimum atomic E-state index is -0.709. The third-order valence-electron chi connectivity index (χ3n) is 11.5. The number of nitrogens with zero attached hydrogens (tertiary/aromatic N) is 2. The first-order chi connectivity index (χ1) is 27.8. The summed E-state index contributed by atoms with van der Waals surface area (Å²) in [6.07, 6.45) is 0. The molecule has 9 aromatic rings. The molecule has 0 bridgehead atoms. The van der Waals surface area contributed by atoms with E-state index in [1.165, 1.54) is 38.6 Å². The van der Waals surface area contributed by atoms with Crippen LogP contribution < -0.4 is 14.5 Å². The first kappa shape index (κ1) is 32.1. The van der Waals surface area contributed by atoms with Gasteiger partial charge in [-0.3, -0.25) is 0 Å². The minimum Gasteiger partial charge on any atom is -0.457 e.